The summed E-state index contributed by atoms with van der Waals surface area (Å²) in [5.41, 5.74) is 3.87. The minimum Gasteiger partial charge on any atom is -0.314 e. The maximum absolute atomic E-state index is 11.8. The number of carbonyl (C=O) groups excluding carboxylic acids is 1. The first kappa shape index (κ1) is 12.1. The van der Waals surface area contributed by atoms with E-state index in [9.17, 15) is 4.79 Å². The molecule has 0 radical (unpaired) electrons. The average Bonchev–Trinajstić information content (AvgIpc) is 2.37. The number of amides is 1. The zero-order chi connectivity index (χ0) is 12.3. The molecule has 92 valence electrons. The van der Waals surface area contributed by atoms with Crippen molar-refractivity contribution in [2.24, 2.45) is 0 Å². The fourth-order valence-corrected chi connectivity index (χ4v) is 2.34. The number of likely N-dealkylation sites (N-methyl/N-ethyl adjacent to an activating group) is 2. The van der Waals surface area contributed by atoms with Crippen molar-refractivity contribution in [3.8, 4) is 0 Å². The minimum absolute atomic E-state index is 0.100. The molecular formula is C14H20N2O. The summed E-state index contributed by atoms with van der Waals surface area (Å²) >= 11 is 0. The summed E-state index contributed by atoms with van der Waals surface area (Å²) in [7, 11) is 3.63. The fraction of sp³-hybridized carbons (Fsp3) is 0.500. The monoisotopic (exact) mass is 232 g/mol. The molecule has 2 rings (SSSR count). The van der Waals surface area contributed by atoms with E-state index in [4.69, 9.17) is 0 Å². The van der Waals surface area contributed by atoms with Gasteiger partial charge in [0, 0.05) is 12.7 Å². The molecular weight excluding hydrogens is 212 g/mol. The van der Waals surface area contributed by atoms with Crippen molar-refractivity contribution in [2.45, 2.75) is 25.7 Å². The second-order valence-electron chi connectivity index (χ2n) is 4.64. The molecule has 1 aromatic rings. The van der Waals surface area contributed by atoms with Crippen LogP contribution < -0.4 is 10.2 Å². The summed E-state index contributed by atoms with van der Waals surface area (Å²) in [4.78, 5) is 13.5. The van der Waals surface area contributed by atoms with Crippen molar-refractivity contribution in [2.75, 3.05) is 25.5 Å². The van der Waals surface area contributed by atoms with E-state index in [1.54, 1.807) is 11.9 Å². The zero-order valence-electron chi connectivity index (χ0n) is 10.6. The molecule has 1 aliphatic carbocycles. The summed E-state index contributed by atoms with van der Waals surface area (Å²) in [5.74, 6) is 0.100. The highest BCUT2D eigenvalue weighted by Crippen LogP contribution is 2.25. The Kier molecular flexibility index (Phi) is 3.79. The number of hydrogen-bond donors (Lipinski definition) is 1. The number of nitrogens with one attached hydrogen (secondary N) is 1. The lowest BCUT2D eigenvalue weighted by Gasteiger charge is -2.21. The van der Waals surface area contributed by atoms with Crippen molar-refractivity contribution in [3.05, 3.63) is 29.3 Å². The third-order valence-electron chi connectivity index (χ3n) is 3.42. The molecule has 0 aliphatic heterocycles. The predicted octanol–water partition coefficient (Wildman–Crippen LogP) is 1.75. The van der Waals surface area contributed by atoms with Crippen LogP contribution in [0.2, 0.25) is 0 Å². The van der Waals surface area contributed by atoms with Crippen LogP contribution in [0.5, 0.6) is 0 Å². The maximum atomic E-state index is 11.8. The fourth-order valence-electron chi connectivity index (χ4n) is 2.34. The number of carbonyl (C=O) groups is 1. The van der Waals surface area contributed by atoms with Crippen molar-refractivity contribution in [1.82, 2.24) is 5.32 Å². The average molecular weight is 232 g/mol. The summed E-state index contributed by atoms with van der Waals surface area (Å²) in [5, 5.41) is 2.89. The van der Waals surface area contributed by atoms with Gasteiger partial charge < -0.3 is 10.2 Å². The van der Waals surface area contributed by atoms with Crippen LogP contribution in [0.25, 0.3) is 0 Å². The van der Waals surface area contributed by atoms with Gasteiger partial charge in [-0.05, 0) is 56.0 Å². The first-order chi connectivity index (χ1) is 8.22. The zero-order valence-corrected chi connectivity index (χ0v) is 10.6. The Morgan fingerprint density at radius 2 is 2.00 bits per heavy atom. The van der Waals surface area contributed by atoms with Crippen molar-refractivity contribution < 1.29 is 4.79 Å². The van der Waals surface area contributed by atoms with Crippen molar-refractivity contribution in [3.63, 3.8) is 0 Å². The first-order valence-corrected chi connectivity index (χ1v) is 6.25. The highest BCUT2D eigenvalue weighted by atomic mass is 16.2. The predicted molar refractivity (Wildman–Crippen MR) is 70.4 cm³/mol. The van der Waals surface area contributed by atoms with Crippen LogP contribution >= 0.6 is 0 Å². The van der Waals surface area contributed by atoms with E-state index >= 15 is 0 Å². The Bertz CT molecular complexity index is 415. The topological polar surface area (TPSA) is 32.3 Å². The molecule has 17 heavy (non-hydrogen) atoms. The molecule has 1 amide bonds. The standard InChI is InChI=1S/C14H20N2O/c1-15-10-14(17)16(2)13-8-7-11-5-3-4-6-12(11)9-13/h7-9,15H,3-6,10H2,1-2H3. The second kappa shape index (κ2) is 5.32. The van der Waals surface area contributed by atoms with Crippen LogP contribution in [0.1, 0.15) is 24.0 Å². The quantitative estimate of drug-likeness (QED) is 0.861. The molecule has 0 unspecified atom stereocenters. The van der Waals surface area contributed by atoms with Crippen LogP contribution in [0.4, 0.5) is 5.69 Å². The molecule has 0 saturated heterocycles. The van der Waals surface area contributed by atoms with E-state index in [1.165, 1.54) is 30.4 Å². The van der Waals surface area contributed by atoms with Gasteiger partial charge in [0.25, 0.3) is 0 Å². The normalized spacial score (nSPS) is 14.2. The van der Waals surface area contributed by atoms with E-state index in [1.807, 2.05) is 7.05 Å². The smallest absolute Gasteiger partial charge is 0.240 e. The van der Waals surface area contributed by atoms with Crippen molar-refractivity contribution in [1.29, 1.82) is 0 Å². The molecule has 1 aromatic carbocycles. The van der Waals surface area contributed by atoms with Crippen LogP contribution in [0.15, 0.2) is 18.2 Å². The SMILES string of the molecule is CNCC(=O)N(C)c1ccc2c(c1)CCCC2. The molecule has 0 spiro atoms. The van der Waals surface area contributed by atoms with Crippen LogP contribution in [-0.2, 0) is 17.6 Å². The van der Waals surface area contributed by atoms with Gasteiger partial charge >= 0.3 is 0 Å². The summed E-state index contributed by atoms with van der Waals surface area (Å²) in [6.45, 7) is 0.383. The molecule has 0 saturated carbocycles. The first-order valence-electron chi connectivity index (χ1n) is 6.25. The van der Waals surface area contributed by atoms with Crippen LogP contribution in [0.3, 0.4) is 0 Å². The van der Waals surface area contributed by atoms with Crippen LogP contribution in [0, 0.1) is 0 Å². The summed E-state index contributed by atoms with van der Waals surface area (Å²) in [6.07, 6.45) is 4.90. The van der Waals surface area contributed by atoms with Gasteiger partial charge in [-0.15, -0.1) is 0 Å². The Morgan fingerprint density at radius 3 is 2.71 bits per heavy atom. The summed E-state index contributed by atoms with van der Waals surface area (Å²) in [6, 6.07) is 6.40. The van der Waals surface area contributed by atoms with E-state index in [0.29, 0.717) is 6.54 Å². The maximum Gasteiger partial charge on any atom is 0.240 e. The lowest BCUT2D eigenvalue weighted by atomic mass is 9.91. The largest absolute Gasteiger partial charge is 0.314 e. The van der Waals surface area contributed by atoms with Gasteiger partial charge in [-0.3, -0.25) is 4.79 Å². The number of rotatable bonds is 3. The molecule has 0 bridgehead atoms. The molecule has 0 aromatic heterocycles. The highest BCUT2D eigenvalue weighted by molar-refractivity contribution is 5.94. The Hall–Kier alpha value is -1.35. The van der Waals surface area contributed by atoms with Crippen molar-refractivity contribution >= 4 is 11.6 Å². The van der Waals surface area contributed by atoms with Gasteiger partial charge in [-0.25, -0.2) is 0 Å². The molecule has 0 atom stereocenters. The number of hydrogen-bond acceptors (Lipinski definition) is 2. The van der Waals surface area contributed by atoms with Gasteiger partial charge in [0.15, 0.2) is 0 Å². The molecule has 1 aliphatic rings. The van der Waals surface area contributed by atoms with Gasteiger partial charge in [0.2, 0.25) is 5.91 Å². The number of nitrogens with zero attached hydrogens (tertiary/aromatic N) is 1. The lowest BCUT2D eigenvalue weighted by molar-refractivity contribution is -0.117. The van der Waals surface area contributed by atoms with Crippen LogP contribution in [-0.4, -0.2) is 26.5 Å². The van der Waals surface area contributed by atoms with Gasteiger partial charge in [-0.2, -0.15) is 0 Å². The third kappa shape index (κ3) is 2.67. The van der Waals surface area contributed by atoms with Gasteiger partial charge in [-0.1, -0.05) is 6.07 Å². The van der Waals surface area contributed by atoms with E-state index in [2.05, 4.69) is 23.5 Å². The molecule has 0 heterocycles. The van der Waals surface area contributed by atoms with E-state index in [0.717, 1.165) is 12.1 Å². The number of anilines is 1. The molecule has 0 fully saturated rings. The lowest BCUT2D eigenvalue weighted by Crippen LogP contribution is -2.34. The Morgan fingerprint density at radius 1 is 1.29 bits per heavy atom. The van der Waals surface area contributed by atoms with E-state index in [-0.39, 0.29) is 5.91 Å². The minimum atomic E-state index is 0.100. The number of fused-ring (bicyclic) bond motifs is 1. The summed E-state index contributed by atoms with van der Waals surface area (Å²) < 4.78 is 0. The van der Waals surface area contributed by atoms with Gasteiger partial charge in [0.1, 0.15) is 0 Å². The Balaban J connectivity index is 2.18. The van der Waals surface area contributed by atoms with Gasteiger partial charge in [0.05, 0.1) is 6.54 Å². The molecule has 3 heteroatoms. The highest BCUT2D eigenvalue weighted by Gasteiger charge is 2.14. The van der Waals surface area contributed by atoms with E-state index < -0.39 is 0 Å². The number of benzene rings is 1. The Labute approximate surface area is 103 Å². The second-order valence-corrected chi connectivity index (χ2v) is 4.64. The molecule has 1 N–H and O–H groups in total. The number of aryl methyl sites for hydroxylation is 2. The molecule has 3 nitrogen and oxygen atoms in total. The third-order valence-corrected chi connectivity index (χ3v) is 3.42.